The van der Waals surface area contributed by atoms with Gasteiger partial charge in [-0.3, -0.25) is 4.90 Å². The van der Waals surface area contributed by atoms with Gasteiger partial charge in [-0.15, -0.1) is 0 Å². The van der Waals surface area contributed by atoms with Crippen LogP contribution in [0.5, 0.6) is 0 Å². The zero-order valence-electron chi connectivity index (χ0n) is 15.7. The molecule has 2 aliphatic heterocycles. The third-order valence-electron chi connectivity index (χ3n) is 5.73. The van der Waals surface area contributed by atoms with E-state index in [1.807, 2.05) is 32.0 Å². The van der Waals surface area contributed by atoms with Crippen LogP contribution in [0.1, 0.15) is 18.1 Å². The van der Waals surface area contributed by atoms with Crippen molar-refractivity contribution in [2.24, 2.45) is 0 Å². The second-order valence-corrected chi connectivity index (χ2v) is 9.30. The van der Waals surface area contributed by atoms with E-state index in [2.05, 4.69) is 9.62 Å². The largest absolute Gasteiger partial charge is 0.394 e. The van der Waals surface area contributed by atoms with Gasteiger partial charge in [0.15, 0.2) is 0 Å². The summed E-state index contributed by atoms with van der Waals surface area (Å²) in [5, 5.41) is 9.96. The van der Waals surface area contributed by atoms with Gasteiger partial charge < -0.3 is 14.7 Å². The second-order valence-electron chi connectivity index (χ2n) is 7.56. The SMILES string of the molecule is C[C@@H]1COC[C@@](CO)(CNS(=O)(=O)c2cccc3c2CCN(C)C3)N1C. The number of nitrogens with zero attached hydrogens (tertiary/aromatic N) is 2. The van der Waals surface area contributed by atoms with E-state index in [0.29, 0.717) is 24.5 Å². The molecule has 146 valence electrons. The molecule has 26 heavy (non-hydrogen) atoms. The summed E-state index contributed by atoms with van der Waals surface area (Å²) in [6.45, 7) is 4.41. The van der Waals surface area contributed by atoms with Gasteiger partial charge in [-0.2, -0.15) is 0 Å². The molecule has 1 aromatic rings. The minimum Gasteiger partial charge on any atom is -0.394 e. The van der Waals surface area contributed by atoms with Crippen molar-refractivity contribution in [2.45, 2.75) is 36.4 Å². The van der Waals surface area contributed by atoms with Gasteiger partial charge in [-0.05, 0) is 44.6 Å². The van der Waals surface area contributed by atoms with Gasteiger partial charge in [-0.1, -0.05) is 12.1 Å². The van der Waals surface area contributed by atoms with E-state index in [0.717, 1.165) is 24.2 Å². The van der Waals surface area contributed by atoms with Crippen LogP contribution in [0, 0.1) is 0 Å². The van der Waals surface area contributed by atoms with E-state index in [-0.39, 0.29) is 19.2 Å². The Balaban J connectivity index is 1.83. The van der Waals surface area contributed by atoms with Crippen LogP contribution in [0.25, 0.3) is 0 Å². The average molecular weight is 384 g/mol. The van der Waals surface area contributed by atoms with Crippen LogP contribution in [-0.4, -0.2) is 81.9 Å². The Hall–Kier alpha value is -1.03. The van der Waals surface area contributed by atoms with Crippen molar-refractivity contribution in [1.29, 1.82) is 0 Å². The Morgan fingerprint density at radius 3 is 2.88 bits per heavy atom. The molecule has 0 bridgehead atoms. The van der Waals surface area contributed by atoms with Crippen molar-refractivity contribution in [1.82, 2.24) is 14.5 Å². The highest BCUT2D eigenvalue weighted by molar-refractivity contribution is 7.89. The van der Waals surface area contributed by atoms with Crippen molar-refractivity contribution >= 4 is 10.0 Å². The molecule has 0 aliphatic carbocycles. The third kappa shape index (κ3) is 3.67. The van der Waals surface area contributed by atoms with E-state index < -0.39 is 15.6 Å². The van der Waals surface area contributed by atoms with Crippen molar-refractivity contribution in [3.8, 4) is 0 Å². The fraction of sp³-hybridized carbons (Fsp3) is 0.667. The van der Waals surface area contributed by atoms with Gasteiger partial charge in [0.05, 0.1) is 30.3 Å². The Morgan fingerprint density at radius 2 is 2.15 bits per heavy atom. The van der Waals surface area contributed by atoms with E-state index >= 15 is 0 Å². The molecule has 2 N–H and O–H groups in total. The summed E-state index contributed by atoms with van der Waals surface area (Å²) in [6.07, 6.45) is 0.716. The Kier molecular flexibility index (Phi) is 5.72. The highest BCUT2D eigenvalue weighted by atomic mass is 32.2. The smallest absolute Gasteiger partial charge is 0.240 e. The third-order valence-corrected chi connectivity index (χ3v) is 7.21. The summed E-state index contributed by atoms with van der Waals surface area (Å²) in [7, 11) is 0.266. The molecule has 2 heterocycles. The lowest BCUT2D eigenvalue weighted by molar-refractivity contribution is -0.104. The van der Waals surface area contributed by atoms with Crippen LogP contribution in [0.4, 0.5) is 0 Å². The fourth-order valence-electron chi connectivity index (χ4n) is 3.76. The van der Waals surface area contributed by atoms with Crippen LogP contribution >= 0.6 is 0 Å². The predicted molar refractivity (Wildman–Crippen MR) is 99.5 cm³/mol. The minimum absolute atomic E-state index is 0.107. The standard InChI is InChI=1S/C18H29N3O4S/c1-14-10-25-13-18(12-22,21(14)3)11-19-26(23,24)17-6-4-5-15-9-20(2)8-7-16(15)17/h4-6,14,19,22H,7-13H2,1-3H3/t14-,18+/m1/s1. The first-order valence-electron chi connectivity index (χ1n) is 8.99. The monoisotopic (exact) mass is 383 g/mol. The van der Waals surface area contributed by atoms with E-state index in [4.69, 9.17) is 4.74 Å². The number of aliphatic hydroxyl groups is 1. The number of hydrogen-bond donors (Lipinski definition) is 2. The van der Waals surface area contributed by atoms with Crippen LogP contribution in [0.2, 0.25) is 0 Å². The number of benzene rings is 1. The number of nitrogens with one attached hydrogen (secondary N) is 1. The molecule has 0 spiro atoms. The van der Waals surface area contributed by atoms with Gasteiger partial charge in [-0.25, -0.2) is 13.1 Å². The maximum Gasteiger partial charge on any atom is 0.240 e. The molecule has 1 aromatic carbocycles. The Labute approximate surface area is 156 Å². The van der Waals surface area contributed by atoms with Gasteiger partial charge in [0.1, 0.15) is 0 Å². The lowest BCUT2D eigenvalue weighted by atomic mass is 9.96. The highest BCUT2D eigenvalue weighted by Gasteiger charge is 2.41. The molecule has 1 saturated heterocycles. The molecule has 3 rings (SSSR count). The number of hydrogen-bond acceptors (Lipinski definition) is 6. The molecular weight excluding hydrogens is 354 g/mol. The zero-order chi connectivity index (χ0) is 18.9. The van der Waals surface area contributed by atoms with Gasteiger partial charge in [0.25, 0.3) is 0 Å². The van der Waals surface area contributed by atoms with Crippen LogP contribution in [-0.2, 0) is 27.7 Å². The lowest BCUT2D eigenvalue weighted by Crippen LogP contribution is -2.65. The topological polar surface area (TPSA) is 82.1 Å². The molecule has 0 amide bonds. The molecule has 8 heteroatoms. The molecule has 2 atom stereocenters. The summed E-state index contributed by atoms with van der Waals surface area (Å²) >= 11 is 0. The first kappa shape index (κ1) is 19.7. The minimum atomic E-state index is -3.67. The number of morpholine rings is 1. The van der Waals surface area contributed by atoms with Crippen LogP contribution < -0.4 is 4.72 Å². The van der Waals surface area contributed by atoms with E-state index in [9.17, 15) is 13.5 Å². The van der Waals surface area contributed by atoms with Crippen molar-refractivity contribution in [3.05, 3.63) is 29.3 Å². The maximum absolute atomic E-state index is 13.0. The summed E-state index contributed by atoms with van der Waals surface area (Å²) in [4.78, 5) is 4.54. The van der Waals surface area contributed by atoms with Crippen molar-refractivity contribution in [2.75, 3.05) is 47.0 Å². The number of likely N-dealkylation sites (N-methyl/N-ethyl adjacent to an activating group) is 2. The summed E-state index contributed by atoms with van der Waals surface area (Å²) in [5.74, 6) is 0. The molecular formula is C18H29N3O4S. The van der Waals surface area contributed by atoms with Gasteiger partial charge >= 0.3 is 0 Å². The Bertz CT molecular complexity index is 755. The van der Waals surface area contributed by atoms with Crippen molar-refractivity contribution in [3.63, 3.8) is 0 Å². The molecule has 1 fully saturated rings. The average Bonchev–Trinajstić information content (AvgIpc) is 2.62. The first-order chi connectivity index (χ1) is 12.3. The highest BCUT2D eigenvalue weighted by Crippen LogP contribution is 2.26. The number of aliphatic hydroxyl groups excluding tert-OH is 1. The quantitative estimate of drug-likeness (QED) is 0.747. The predicted octanol–water partition coefficient (Wildman–Crippen LogP) is 0.0344. The second kappa shape index (κ2) is 7.53. The van der Waals surface area contributed by atoms with Gasteiger partial charge in [0.2, 0.25) is 10.0 Å². The Morgan fingerprint density at radius 1 is 1.38 bits per heavy atom. The lowest BCUT2D eigenvalue weighted by Gasteiger charge is -2.47. The molecule has 7 nitrogen and oxygen atoms in total. The molecule has 0 aromatic heterocycles. The number of ether oxygens (including phenoxy) is 1. The molecule has 0 saturated carbocycles. The summed E-state index contributed by atoms with van der Waals surface area (Å²) < 4.78 is 34.3. The van der Waals surface area contributed by atoms with E-state index in [1.165, 1.54) is 0 Å². The van der Waals surface area contributed by atoms with Crippen LogP contribution in [0.15, 0.2) is 23.1 Å². The number of rotatable bonds is 5. The van der Waals surface area contributed by atoms with Crippen molar-refractivity contribution < 1.29 is 18.3 Å². The van der Waals surface area contributed by atoms with Crippen LogP contribution in [0.3, 0.4) is 0 Å². The summed E-state index contributed by atoms with van der Waals surface area (Å²) in [5.41, 5.74) is 1.21. The number of fused-ring (bicyclic) bond motifs is 1. The normalized spacial score (nSPS) is 28.1. The fourth-order valence-corrected chi connectivity index (χ4v) is 5.19. The number of sulfonamides is 1. The summed E-state index contributed by atoms with van der Waals surface area (Å²) in [6, 6.07) is 5.57. The molecule has 2 aliphatic rings. The molecule has 0 unspecified atom stereocenters. The maximum atomic E-state index is 13.0. The van der Waals surface area contributed by atoms with Gasteiger partial charge in [0, 0.05) is 25.7 Å². The first-order valence-corrected chi connectivity index (χ1v) is 10.5. The zero-order valence-corrected chi connectivity index (χ0v) is 16.6. The molecule has 0 radical (unpaired) electrons. The van der Waals surface area contributed by atoms with E-state index in [1.54, 1.807) is 12.1 Å².